The number of aliphatic hydroxyl groups excluding tert-OH is 1. The maximum atomic E-state index is 12.0. The van der Waals surface area contributed by atoms with E-state index in [1.807, 2.05) is 158 Å². The normalized spacial score (nSPS) is 24.7. The van der Waals surface area contributed by atoms with Gasteiger partial charge in [0.25, 0.3) is 0 Å². The molecule has 2 aliphatic rings. The zero-order valence-electron chi connectivity index (χ0n) is 31.4. The molecule has 0 saturated carbocycles. The van der Waals surface area contributed by atoms with Gasteiger partial charge in [0.05, 0.1) is 52.5 Å². The van der Waals surface area contributed by atoms with Crippen LogP contribution >= 0.6 is 0 Å². The van der Waals surface area contributed by atoms with Crippen LogP contribution in [-0.2, 0) is 70.9 Å². The summed E-state index contributed by atoms with van der Waals surface area (Å²) in [5.41, 5.74) is 4.99. The molecular formula is C47H50O9. The molecule has 0 radical (unpaired) electrons. The van der Waals surface area contributed by atoms with E-state index in [0.29, 0.717) is 19.8 Å². The van der Waals surface area contributed by atoms with Crippen LogP contribution in [0.25, 0.3) is 0 Å². The Morgan fingerprint density at radius 2 is 0.857 bits per heavy atom. The molecule has 0 spiro atoms. The van der Waals surface area contributed by atoms with Gasteiger partial charge < -0.3 is 43.0 Å². The Morgan fingerprint density at radius 1 is 0.446 bits per heavy atom. The molecule has 5 aromatic rings. The minimum absolute atomic E-state index is 0.0884. The number of ether oxygens (including phenoxy) is 8. The molecule has 8 unspecified atom stereocenters. The van der Waals surface area contributed by atoms with E-state index in [1.165, 1.54) is 0 Å². The average molecular weight is 759 g/mol. The molecule has 0 bridgehead atoms. The van der Waals surface area contributed by atoms with Gasteiger partial charge in [-0.05, 0) is 33.9 Å². The summed E-state index contributed by atoms with van der Waals surface area (Å²) in [4.78, 5) is 0. The van der Waals surface area contributed by atoms with E-state index in [9.17, 15) is 5.11 Å². The third-order valence-corrected chi connectivity index (χ3v) is 9.76. The summed E-state index contributed by atoms with van der Waals surface area (Å²) in [7, 11) is 0. The van der Waals surface area contributed by atoms with Crippen LogP contribution in [0.2, 0.25) is 0 Å². The molecule has 2 heterocycles. The fourth-order valence-electron chi connectivity index (χ4n) is 6.77. The lowest BCUT2D eigenvalue weighted by molar-refractivity contribution is -0.341. The zero-order chi connectivity index (χ0) is 38.2. The van der Waals surface area contributed by atoms with Gasteiger partial charge in [-0.15, -0.1) is 0 Å². The minimum Gasteiger partial charge on any atom is -0.493 e. The maximum absolute atomic E-state index is 12.0. The summed E-state index contributed by atoms with van der Waals surface area (Å²) in [6.45, 7) is 1.89. The summed E-state index contributed by atoms with van der Waals surface area (Å²) in [6.07, 6.45) is -2.93. The lowest BCUT2D eigenvalue weighted by atomic mass is 9.97. The summed E-state index contributed by atoms with van der Waals surface area (Å²) >= 11 is 0. The molecule has 9 nitrogen and oxygen atoms in total. The van der Waals surface area contributed by atoms with E-state index < -0.39 is 49.0 Å². The first kappa shape index (κ1) is 39.6. The molecule has 0 aromatic heterocycles. The van der Waals surface area contributed by atoms with Gasteiger partial charge >= 0.3 is 0 Å². The standard InChI is InChI=1S/C47H50O9/c48-43-41(33-49-28-35-16-6-1-7-17-35)55-47(46(54-32-39-24-14-5-15-25-39)45(43)53-31-38-22-12-4-13-23-38)56-44-40(52-30-37-20-10-3-11-21-37)26-27-51-42(44)34-50-29-36-18-8-2-9-19-36/h1-27,40-48H,28-34H2. The molecular weight excluding hydrogens is 709 g/mol. The van der Waals surface area contributed by atoms with Gasteiger partial charge in [-0.25, -0.2) is 0 Å². The Hall–Kier alpha value is -4.68. The van der Waals surface area contributed by atoms with Crippen LogP contribution in [0.3, 0.4) is 0 Å². The number of hydrogen-bond donors (Lipinski definition) is 1. The number of rotatable bonds is 19. The van der Waals surface area contributed by atoms with E-state index in [1.54, 1.807) is 6.26 Å². The van der Waals surface area contributed by atoms with Crippen molar-refractivity contribution in [3.8, 4) is 0 Å². The molecule has 9 heteroatoms. The lowest BCUT2D eigenvalue weighted by Crippen LogP contribution is -2.62. The average Bonchev–Trinajstić information content (AvgIpc) is 3.25. The van der Waals surface area contributed by atoms with Gasteiger partial charge in [-0.3, -0.25) is 0 Å². The lowest BCUT2D eigenvalue weighted by Gasteiger charge is -2.46. The zero-order valence-corrected chi connectivity index (χ0v) is 31.4. The second-order valence-corrected chi connectivity index (χ2v) is 13.9. The van der Waals surface area contributed by atoms with Crippen LogP contribution in [0, 0.1) is 0 Å². The highest BCUT2D eigenvalue weighted by atomic mass is 16.7. The summed E-state index contributed by atoms with van der Waals surface area (Å²) in [5, 5.41) is 12.0. The molecule has 7 rings (SSSR count). The van der Waals surface area contributed by atoms with E-state index in [-0.39, 0.29) is 26.4 Å². The Morgan fingerprint density at radius 3 is 1.34 bits per heavy atom. The quantitative estimate of drug-likeness (QED) is 0.0916. The third-order valence-electron chi connectivity index (χ3n) is 9.76. The maximum Gasteiger partial charge on any atom is 0.187 e. The first-order valence-corrected chi connectivity index (χ1v) is 19.2. The number of benzene rings is 5. The van der Waals surface area contributed by atoms with Crippen molar-refractivity contribution >= 4 is 0 Å². The van der Waals surface area contributed by atoms with Crippen LogP contribution in [0.5, 0.6) is 0 Å². The van der Waals surface area contributed by atoms with Crippen molar-refractivity contribution in [3.63, 3.8) is 0 Å². The summed E-state index contributed by atoms with van der Waals surface area (Å²) in [6, 6.07) is 49.6. The topological polar surface area (TPSA) is 94.1 Å². The number of aliphatic hydroxyl groups is 1. The number of hydrogen-bond acceptors (Lipinski definition) is 9. The Balaban J connectivity index is 1.16. The van der Waals surface area contributed by atoms with Crippen molar-refractivity contribution in [2.45, 2.75) is 82.1 Å². The molecule has 5 aromatic carbocycles. The highest BCUT2D eigenvalue weighted by Crippen LogP contribution is 2.32. The van der Waals surface area contributed by atoms with Crippen LogP contribution in [0.1, 0.15) is 27.8 Å². The van der Waals surface area contributed by atoms with Crippen LogP contribution < -0.4 is 0 Å². The van der Waals surface area contributed by atoms with Crippen LogP contribution in [-0.4, -0.2) is 67.3 Å². The van der Waals surface area contributed by atoms with Crippen LogP contribution in [0.4, 0.5) is 0 Å². The Kier molecular flexibility index (Phi) is 14.8. The van der Waals surface area contributed by atoms with Gasteiger partial charge in [0.2, 0.25) is 0 Å². The second-order valence-electron chi connectivity index (χ2n) is 13.9. The molecule has 0 aliphatic carbocycles. The predicted molar refractivity (Wildman–Crippen MR) is 211 cm³/mol. The van der Waals surface area contributed by atoms with Crippen molar-refractivity contribution in [1.82, 2.24) is 0 Å². The minimum atomic E-state index is -1.10. The molecule has 1 saturated heterocycles. The van der Waals surface area contributed by atoms with Gasteiger partial charge in [-0.1, -0.05) is 152 Å². The van der Waals surface area contributed by atoms with Crippen molar-refractivity contribution < 1.29 is 43.0 Å². The largest absolute Gasteiger partial charge is 0.493 e. The molecule has 2 aliphatic heterocycles. The van der Waals surface area contributed by atoms with Gasteiger partial charge in [0.15, 0.2) is 12.4 Å². The smallest absolute Gasteiger partial charge is 0.187 e. The van der Waals surface area contributed by atoms with Gasteiger partial charge in [-0.2, -0.15) is 0 Å². The van der Waals surface area contributed by atoms with Gasteiger partial charge in [0.1, 0.15) is 36.6 Å². The summed E-state index contributed by atoms with van der Waals surface area (Å²) in [5.74, 6) is 0. The molecule has 292 valence electrons. The molecule has 0 amide bonds. The van der Waals surface area contributed by atoms with E-state index in [2.05, 4.69) is 0 Å². The SMILES string of the molecule is OC1C(COCc2ccccc2)OC(OC2C(OCc3ccccc3)C=COC2COCc2ccccc2)C(OCc2ccccc2)C1OCc1ccccc1. The Labute approximate surface area is 329 Å². The summed E-state index contributed by atoms with van der Waals surface area (Å²) < 4.78 is 52.0. The van der Waals surface area contributed by atoms with E-state index in [4.69, 9.17) is 37.9 Å². The van der Waals surface area contributed by atoms with Crippen molar-refractivity contribution in [1.29, 1.82) is 0 Å². The second kappa shape index (κ2) is 21.0. The van der Waals surface area contributed by atoms with E-state index in [0.717, 1.165) is 27.8 Å². The van der Waals surface area contributed by atoms with Crippen molar-refractivity contribution in [2.75, 3.05) is 13.2 Å². The molecule has 8 atom stereocenters. The van der Waals surface area contributed by atoms with Crippen molar-refractivity contribution in [3.05, 3.63) is 192 Å². The van der Waals surface area contributed by atoms with E-state index >= 15 is 0 Å². The molecule has 1 N–H and O–H groups in total. The fourth-order valence-corrected chi connectivity index (χ4v) is 6.77. The molecule has 1 fully saturated rings. The third kappa shape index (κ3) is 11.4. The monoisotopic (exact) mass is 758 g/mol. The Bertz CT molecular complexity index is 1850. The fraction of sp³-hybridized carbons (Fsp3) is 0.319. The van der Waals surface area contributed by atoms with Crippen molar-refractivity contribution in [2.24, 2.45) is 0 Å². The van der Waals surface area contributed by atoms with Gasteiger partial charge in [0, 0.05) is 0 Å². The predicted octanol–water partition coefficient (Wildman–Crippen LogP) is 7.56. The first-order valence-electron chi connectivity index (χ1n) is 19.2. The highest BCUT2D eigenvalue weighted by molar-refractivity contribution is 5.17. The van der Waals surface area contributed by atoms with Crippen LogP contribution in [0.15, 0.2) is 164 Å². The first-order chi connectivity index (χ1) is 27.7. The molecule has 56 heavy (non-hydrogen) atoms. The highest BCUT2D eigenvalue weighted by Gasteiger charge is 2.50.